The zero-order valence-corrected chi connectivity index (χ0v) is 8.41. The lowest BCUT2D eigenvalue weighted by molar-refractivity contribution is -0.145. The van der Waals surface area contributed by atoms with Gasteiger partial charge in [-0.15, -0.1) is 11.3 Å². The van der Waals surface area contributed by atoms with Crippen molar-refractivity contribution in [3.63, 3.8) is 0 Å². The first-order chi connectivity index (χ1) is 5.59. The molecule has 12 heavy (non-hydrogen) atoms. The predicted molar refractivity (Wildman–Crippen MR) is 49.5 cm³/mol. The van der Waals surface area contributed by atoms with Crippen molar-refractivity contribution < 1.29 is 9.53 Å². The summed E-state index contributed by atoms with van der Waals surface area (Å²) in [5.74, 6) is -0.271. The molecule has 0 radical (unpaired) electrons. The largest absolute Gasteiger partial charge is 0.457 e. The Balaban J connectivity index is 2.64. The third kappa shape index (κ3) is 2.50. The van der Waals surface area contributed by atoms with E-state index in [1.165, 1.54) is 18.3 Å². The molecule has 2 nitrogen and oxygen atoms in total. The van der Waals surface area contributed by atoms with Crippen molar-refractivity contribution in [3.8, 4) is 0 Å². The van der Waals surface area contributed by atoms with Crippen molar-refractivity contribution in [3.05, 3.63) is 21.3 Å². The molecule has 0 N–H and O–H groups in total. The van der Waals surface area contributed by atoms with Crippen LogP contribution in [0.2, 0.25) is 4.34 Å². The lowest BCUT2D eigenvalue weighted by Gasteiger charge is -2.08. The average Bonchev–Trinajstić information content (AvgIpc) is 2.34. The fourth-order valence-electron chi connectivity index (χ4n) is 0.854. The fourth-order valence-corrected chi connectivity index (χ4v) is 1.90. The van der Waals surface area contributed by atoms with Crippen LogP contribution in [0, 0.1) is 0 Å². The van der Waals surface area contributed by atoms with E-state index in [1.54, 1.807) is 6.07 Å². The second kappa shape index (κ2) is 3.92. The molecule has 0 aliphatic rings. The molecule has 0 saturated carbocycles. The van der Waals surface area contributed by atoms with Crippen LogP contribution in [0.3, 0.4) is 0 Å². The number of esters is 1. The summed E-state index contributed by atoms with van der Waals surface area (Å²) >= 11 is 7.15. The third-order valence-electron chi connectivity index (χ3n) is 1.34. The third-order valence-corrected chi connectivity index (χ3v) is 2.73. The van der Waals surface area contributed by atoms with Crippen LogP contribution in [0.25, 0.3) is 0 Å². The van der Waals surface area contributed by atoms with Gasteiger partial charge in [0.15, 0.2) is 0 Å². The molecule has 1 aromatic heterocycles. The number of carbonyl (C=O) groups is 1. The van der Waals surface area contributed by atoms with E-state index in [2.05, 4.69) is 0 Å². The van der Waals surface area contributed by atoms with Crippen LogP contribution in [-0.2, 0) is 9.53 Å². The van der Waals surface area contributed by atoms with Gasteiger partial charge < -0.3 is 4.74 Å². The summed E-state index contributed by atoms with van der Waals surface area (Å²) in [6.45, 7) is 3.22. The van der Waals surface area contributed by atoms with Gasteiger partial charge in [-0.1, -0.05) is 11.6 Å². The van der Waals surface area contributed by atoms with Crippen LogP contribution in [0.5, 0.6) is 0 Å². The molecule has 0 amide bonds. The van der Waals surface area contributed by atoms with Gasteiger partial charge in [-0.2, -0.15) is 0 Å². The van der Waals surface area contributed by atoms with Gasteiger partial charge in [-0.3, -0.25) is 4.79 Å². The number of rotatable bonds is 2. The SMILES string of the molecule is CC(=O)O[C@@H](C)c1ccc(Cl)s1. The highest BCUT2D eigenvalue weighted by Crippen LogP contribution is 2.28. The molecule has 0 aliphatic carbocycles. The van der Waals surface area contributed by atoms with Gasteiger partial charge in [0.1, 0.15) is 6.10 Å². The highest BCUT2D eigenvalue weighted by atomic mass is 35.5. The van der Waals surface area contributed by atoms with Gasteiger partial charge in [0.2, 0.25) is 0 Å². The highest BCUT2D eigenvalue weighted by molar-refractivity contribution is 7.16. The summed E-state index contributed by atoms with van der Waals surface area (Å²) in [6, 6.07) is 3.65. The minimum atomic E-state index is -0.271. The minimum Gasteiger partial charge on any atom is -0.457 e. The smallest absolute Gasteiger partial charge is 0.303 e. The fraction of sp³-hybridized carbons (Fsp3) is 0.375. The Hall–Kier alpha value is -0.540. The molecule has 0 unspecified atom stereocenters. The topological polar surface area (TPSA) is 26.3 Å². The maximum Gasteiger partial charge on any atom is 0.303 e. The van der Waals surface area contributed by atoms with Crippen LogP contribution in [-0.4, -0.2) is 5.97 Å². The van der Waals surface area contributed by atoms with E-state index >= 15 is 0 Å². The number of hydrogen-bond donors (Lipinski definition) is 0. The Labute approximate surface area is 80.1 Å². The zero-order valence-electron chi connectivity index (χ0n) is 6.83. The Kier molecular flexibility index (Phi) is 3.12. The van der Waals surface area contributed by atoms with E-state index < -0.39 is 0 Å². The van der Waals surface area contributed by atoms with E-state index in [1.807, 2.05) is 13.0 Å². The molecule has 66 valence electrons. The van der Waals surface area contributed by atoms with Crippen LogP contribution in [0.15, 0.2) is 12.1 Å². The molecule has 1 heterocycles. The summed E-state index contributed by atoms with van der Waals surface area (Å²) < 4.78 is 5.67. The lowest BCUT2D eigenvalue weighted by Crippen LogP contribution is -2.02. The Morgan fingerprint density at radius 1 is 1.67 bits per heavy atom. The van der Waals surface area contributed by atoms with Gasteiger partial charge in [0.05, 0.1) is 4.34 Å². The molecule has 0 fully saturated rings. The van der Waals surface area contributed by atoms with Gasteiger partial charge >= 0.3 is 5.97 Å². The van der Waals surface area contributed by atoms with Crippen LogP contribution in [0.1, 0.15) is 24.8 Å². The molecule has 1 atom stereocenters. The first-order valence-electron chi connectivity index (χ1n) is 3.52. The van der Waals surface area contributed by atoms with Crippen molar-refractivity contribution in [1.82, 2.24) is 0 Å². The number of hydrogen-bond acceptors (Lipinski definition) is 3. The van der Waals surface area contributed by atoms with Gasteiger partial charge in [-0.25, -0.2) is 0 Å². The van der Waals surface area contributed by atoms with E-state index in [-0.39, 0.29) is 12.1 Å². The summed E-state index contributed by atoms with van der Waals surface area (Å²) in [7, 11) is 0. The molecular formula is C8H9ClO2S. The van der Waals surface area contributed by atoms with E-state index in [0.717, 1.165) is 4.88 Å². The van der Waals surface area contributed by atoms with Crippen molar-refractivity contribution in [2.45, 2.75) is 20.0 Å². The summed E-state index contributed by atoms with van der Waals surface area (Å²) in [6.07, 6.45) is -0.194. The molecule has 0 spiro atoms. The molecule has 1 aromatic rings. The van der Waals surface area contributed by atoms with Crippen molar-refractivity contribution in [2.75, 3.05) is 0 Å². The van der Waals surface area contributed by atoms with Gasteiger partial charge in [0.25, 0.3) is 0 Å². The first-order valence-corrected chi connectivity index (χ1v) is 4.71. The number of ether oxygens (including phenoxy) is 1. The summed E-state index contributed by atoms with van der Waals surface area (Å²) in [5, 5.41) is 0. The summed E-state index contributed by atoms with van der Waals surface area (Å²) in [5.41, 5.74) is 0. The van der Waals surface area contributed by atoms with Gasteiger partial charge in [-0.05, 0) is 19.1 Å². The zero-order chi connectivity index (χ0) is 9.14. The monoisotopic (exact) mass is 204 g/mol. The standard InChI is InChI=1S/C8H9ClO2S/c1-5(11-6(2)10)7-3-4-8(9)12-7/h3-5H,1-2H3/t5-/m0/s1. The second-order valence-corrected chi connectivity index (χ2v) is 4.14. The number of thiophene rings is 1. The number of carbonyl (C=O) groups excluding carboxylic acids is 1. The predicted octanol–water partition coefficient (Wildman–Crippen LogP) is 3.03. The normalized spacial score (nSPS) is 12.6. The van der Waals surface area contributed by atoms with Crippen molar-refractivity contribution in [1.29, 1.82) is 0 Å². The molecule has 0 aromatic carbocycles. The van der Waals surface area contributed by atoms with Crippen molar-refractivity contribution >= 4 is 28.9 Å². The van der Waals surface area contributed by atoms with Crippen LogP contribution < -0.4 is 0 Å². The molecule has 1 rings (SSSR count). The van der Waals surface area contributed by atoms with Crippen molar-refractivity contribution in [2.24, 2.45) is 0 Å². The van der Waals surface area contributed by atoms with Crippen LogP contribution in [0.4, 0.5) is 0 Å². The Bertz CT molecular complexity index is 282. The minimum absolute atomic E-state index is 0.194. The molecule has 4 heteroatoms. The maximum atomic E-state index is 10.6. The molecular weight excluding hydrogens is 196 g/mol. The Morgan fingerprint density at radius 3 is 2.75 bits per heavy atom. The molecule has 0 saturated heterocycles. The van der Waals surface area contributed by atoms with Gasteiger partial charge in [0, 0.05) is 11.8 Å². The second-order valence-electron chi connectivity index (χ2n) is 2.39. The van der Waals surface area contributed by atoms with E-state index in [0.29, 0.717) is 4.34 Å². The lowest BCUT2D eigenvalue weighted by atomic mass is 10.3. The molecule has 0 aliphatic heterocycles. The number of halogens is 1. The first kappa shape index (κ1) is 9.55. The van der Waals surface area contributed by atoms with Crippen LogP contribution >= 0.6 is 22.9 Å². The summed E-state index contributed by atoms with van der Waals surface area (Å²) in [4.78, 5) is 11.6. The highest BCUT2D eigenvalue weighted by Gasteiger charge is 2.10. The van der Waals surface area contributed by atoms with E-state index in [9.17, 15) is 4.79 Å². The maximum absolute atomic E-state index is 10.6. The van der Waals surface area contributed by atoms with E-state index in [4.69, 9.17) is 16.3 Å². The quantitative estimate of drug-likeness (QED) is 0.693. The average molecular weight is 205 g/mol. The molecule has 0 bridgehead atoms. The Morgan fingerprint density at radius 2 is 2.33 bits per heavy atom.